The van der Waals surface area contributed by atoms with Crippen molar-refractivity contribution in [3.63, 3.8) is 0 Å². The molecule has 25 heavy (non-hydrogen) atoms. The zero-order valence-electron chi connectivity index (χ0n) is 14.1. The largest absolute Gasteiger partial charge is 0.497 e. The van der Waals surface area contributed by atoms with Gasteiger partial charge in [0.25, 0.3) is 11.8 Å². The molecule has 0 spiro atoms. The van der Waals surface area contributed by atoms with E-state index in [9.17, 15) is 9.59 Å². The predicted octanol–water partition coefficient (Wildman–Crippen LogP) is 2.68. The van der Waals surface area contributed by atoms with Gasteiger partial charge in [0.15, 0.2) is 6.10 Å². The van der Waals surface area contributed by atoms with Crippen LogP contribution in [0, 0.1) is 0 Å². The van der Waals surface area contributed by atoms with Gasteiger partial charge in [-0.3, -0.25) is 9.59 Å². The molecule has 3 rings (SSSR count). The van der Waals surface area contributed by atoms with Crippen LogP contribution in [-0.4, -0.2) is 32.1 Å². The van der Waals surface area contributed by atoms with Crippen LogP contribution in [0.25, 0.3) is 0 Å². The third-order valence-electron chi connectivity index (χ3n) is 3.78. The highest BCUT2D eigenvalue weighted by Gasteiger charge is 2.23. The summed E-state index contributed by atoms with van der Waals surface area (Å²) in [5, 5.41) is 5.52. The van der Waals surface area contributed by atoms with Crippen molar-refractivity contribution in [1.29, 1.82) is 0 Å². The molecule has 1 heterocycles. The number of carbonyl (C=O) groups is 2. The van der Waals surface area contributed by atoms with Gasteiger partial charge in [0, 0.05) is 17.3 Å². The first-order valence-electron chi connectivity index (χ1n) is 7.66. The number of methoxy groups -OCH3 is 2. The molecule has 0 aliphatic carbocycles. The molecule has 1 aliphatic rings. The van der Waals surface area contributed by atoms with Gasteiger partial charge in [-0.25, -0.2) is 0 Å². The van der Waals surface area contributed by atoms with Crippen LogP contribution < -0.4 is 24.8 Å². The van der Waals surface area contributed by atoms with E-state index in [2.05, 4.69) is 10.6 Å². The summed E-state index contributed by atoms with van der Waals surface area (Å²) < 4.78 is 15.8. The summed E-state index contributed by atoms with van der Waals surface area (Å²) >= 11 is 0. The molecule has 2 aromatic rings. The number of hydrogen-bond donors (Lipinski definition) is 2. The number of rotatable bonds is 4. The lowest BCUT2D eigenvalue weighted by Crippen LogP contribution is -2.34. The summed E-state index contributed by atoms with van der Waals surface area (Å²) in [6.07, 6.45) is -0.544. The van der Waals surface area contributed by atoms with Gasteiger partial charge < -0.3 is 24.8 Å². The molecule has 0 saturated heterocycles. The number of ether oxygens (including phenoxy) is 3. The normalized spacial score (nSPS) is 15.5. The van der Waals surface area contributed by atoms with Gasteiger partial charge in [0.2, 0.25) is 0 Å². The third-order valence-corrected chi connectivity index (χ3v) is 3.78. The molecule has 0 fully saturated rings. The lowest BCUT2D eigenvalue weighted by Gasteiger charge is -2.23. The Morgan fingerprint density at radius 2 is 1.80 bits per heavy atom. The number of hydrogen-bond acceptors (Lipinski definition) is 5. The first-order valence-corrected chi connectivity index (χ1v) is 7.66. The number of benzene rings is 2. The first kappa shape index (κ1) is 16.6. The Balaban J connectivity index is 1.82. The second-order valence-corrected chi connectivity index (χ2v) is 5.52. The lowest BCUT2D eigenvalue weighted by atomic mass is 10.1. The number of amides is 2. The van der Waals surface area contributed by atoms with Gasteiger partial charge in [-0.1, -0.05) is 0 Å². The van der Waals surface area contributed by atoms with Gasteiger partial charge in [0.05, 0.1) is 19.9 Å². The molecule has 1 atom stereocenters. The molecule has 1 aliphatic heterocycles. The topological polar surface area (TPSA) is 85.9 Å². The van der Waals surface area contributed by atoms with Crippen LogP contribution in [0.1, 0.15) is 17.3 Å². The minimum absolute atomic E-state index is 0.228. The molecule has 0 radical (unpaired) electrons. The Kier molecular flexibility index (Phi) is 4.47. The molecular formula is C18H18N2O5. The van der Waals surface area contributed by atoms with E-state index in [0.717, 1.165) is 0 Å². The summed E-state index contributed by atoms with van der Waals surface area (Å²) in [5.74, 6) is 1.05. The van der Waals surface area contributed by atoms with Crippen LogP contribution in [0.15, 0.2) is 36.4 Å². The Labute approximate surface area is 144 Å². The lowest BCUT2D eigenvalue weighted by molar-refractivity contribution is -0.122. The Bertz CT molecular complexity index is 812. The molecule has 0 saturated carbocycles. The van der Waals surface area contributed by atoms with E-state index in [1.165, 1.54) is 14.2 Å². The molecular weight excluding hydrogens is 324 g/mol. The van der Waals surface area contributed by atoms with E-state index < -0.39 is 6.10 Å². The molecule has 0 unspecified atom stereocenters. The summed E-state index contributed by atoms with van der Waals surface area (Å²) in [6, 6.07) is 9.97. The highest BCUT2D eigenvalue weighted by atomic mass is 16.5. The maximum atomic E-state index is 12.5. The van der Waals surface area contributed by atoms with E-state index in [1.807, 2.05) is 0 Å². The second-order valence-electron chi connectivity index (χ2n) is 5.52. The Morgan fingerprint density at radius 3 is 2.44 bits per heavy atom. The van der Waals surface area contributed by atoms with Crippen LogP contribution in [-0.2, 0) is 4.79 Å². The Hall–Kier alpha value is -3.22. The van der Waals surface area contributed by atoms with E-state index in [1.54, 1.807) is 43.3 Å². The van der Waals surface area contributed by atoms with Crippen LogP contribution >= 0.6 is 0 Å². The van der Waals surface area contributed by atoms with Crippen LogP contribution in [0.2, 0.25) is 0 Å². The minimum atomic E-state index is -0.544. The Morgan fingerprint density at radius 1 is 1.12 bits per heavy atom. The maximum Gasteiger partial charge on any atom is 0.265 e. The molecule has 2 amide bonds. The highest BCUT2D eigenvalue weighted by Crippen LogP contribution is 2.32. The summed E-state index contributed by atoms with van der Waals surface area (Å²) in [5.41, 5.74) is 1.44. The first-order chi connectivity index (χ1) is 12.0. The zero-order chi connectivity index (χ0) is 18.0. The molecule has 2 aromatic carbocycles. The monoisotopic (exact) mass is 342 g/mol. The van der Waals surface area contributed by atoms with E-state index in [4.69, 9.17) is 14.2 Å². The average molecular weight is 342 g/mol. The highest BCUT2D eigenvalue weighted by molar-refractivity contribution is 6.05. The predicted molar refractivity (Wildman–Crippen MR) is 92.7 cm³/mol. The number of fused-ring (bicyclic) bond motifs is 1. The fourth-order valence-corrected chi connectivity index (χ4v) is 2.43. The number of carbonyl (C=O) groups excluding carboxylic acids is 2. The van der Waals surface area contributed by atoms with Crippen molar-refractivity contribution in [1.82, 2.24) is 0 Å². The molecule has 7 heteroatoms. The van der Waals surface area contributed by atoms with Gasteiger partial charge in [-0.2, -0.15) is 0 Å². The molecule has 0 bridgehead atoms. The van der Waals surface area contributed by atoms with Crippen LogP contribution in [0.4, 0.5) is 11.4 Å². The van der Waals surface area contributed by atoms with Crippen molar-refractivity contribution in [2.24, 2.45) is 0 Å². The molecule has 7 nitrogen and oxygen atoms in total. The van der Waals surface area contributed by atoms with E-state index in [-0.39, 0.29) is 11.8 Å². The van der Waals surface area contributed by atoms with Gasteiger partial charge in [0.1, 0.15) is 17.2 Å². The van der Waals surface area contributed by atoms with Crippen molar-refractivity contribution >= 4 is 23.2 Å². The fraction of sp³-hybridized carbons (Fsp3) is 0.222. The molecule has 2 N–H and O–H groups in total. The smallest absolute Gasteiger partial charge is 0.265 e. The third kappa shape index (κ3) is 3.50. The van der Waals surface area contributed by atoms with Gasteiger partial charge in [-0.05, 0) is 37.3 Å². The summed E-state index contributed by atoms with van der Waals surface area (Å²) in [6.45, 7) is 1.67. The molecule has 130 valence electrons. The van der Waals surface area contributed by atoms with Crippen LogP contribution in [0.5, 0.6) is 17.2 Å². The van der Waals surface area contributed by atoms with Crippen molar-refractivity contribution < 1.29 is 23.8 Å². The number of anilines is 2. The van der Waals surface area contributed by atoms with Gasteiger partial charge >= 0.3 is 0 Å². The number of nitrogens with one attached hydrogen (secondary N) is 2. The second kappa shape index (κ2) is 6.72. The fourth-order valence-electron chi connectivity index (χ4n) is 2.43. The minimum Gasteiger partial charge on any atom is -0.497 e. The van der Waals surface area contributed by atoms with E-state index >= 15 is 0 Å². The van der Waals surface area contributed by atoms with Gasteiger partial charge in [-0.15, -0.1) is 0 Å². The van der Waals surface area contributed by atoms with Crippen molar-refractivity contribution in [2.45, 2.75) is 13.0 Å². The van der Waals surface area contributed by atoms with Crippen LogP contribution in [0.3, 0.4) is 0 Å². The molecule has 0 aromatic heterocycles. The van der Waals surface area contributed by atoms with E-state index in [0.29, 0.717) is 34.2 Å². The van der Waals surface area contributed by atoms with Crippen molar-refractivity contribution in [2.75, 3.05) is 24.9 Å². The van der Waals surface area contributed by atoms with Crippen molar-refractivity contribution in [3.8, 4) is 17.2 Å². The average Bonchev–Trinajstić information content (AvgIpc) is 2.62. The standard InChI is InChI=1S/C18H18N2O5/c1-10-17(21)20-15-8-12(4-5-16(15)25-10)19-18(22)11-6-13(23-2)9-14(7-11)24-3/h4-10H,1-3H3,(H,19,22)(H,20,21)/t10-/m0/s1. The summed E-state index contributed by atoms with van der Waals surface area (Å²) in [7, 11) is 3.03. The van der Waals surface area contributed by atoms with Crippen molar-refractivity contribution in [3.05, 3.63) is 42.0 Å². The quantitative estimate of drug-likeness (QED) is 0.892. The summed E-state index contributed by atoms with van der Waals surface area (Å²) in [4.78, 5) is 24.2. The zero-order valence-corrected chi connectivity index (χ0v) is 14.1. The maximum absolute atomic E-state index is 12.5. The SMILES string of the molecule is COc1cc(OC)cc(C(=O)Nc2ccc3c(c2)NC(=O)[C@H](C)O3)c1.